The number of para-hydroxylation sites is 2. The number of amides is 1. The summed E-state index contributed by atoms with van der Waals surface area (Å²) in [5.74, 6) is -0.507. The number of rotatable bonds is 9. The number of hydrogen-bond acceptors (Lipinski definition) is 8. The van der Waals surface area contributed by atoms with Gasteiger partial charge < -0.3 is 13.9 Å². The summed E-state index contributed by atoms with van der Waals surface area (Å²) in [4.78, 5) is 65.3. The average Bonchev–Trinajstić information content (AvgIpc) is 3.19. The molecule has 0 spiro atoms. The third kappa shape index (κ3) is 8.76. The van der Waals surface area contributed by atoms with Gasteiger partial charge in [-0.2, -0.15) is 0 Å². The first-order chi connectivity index (χ1) is 26.5. The van der Waals surface area contributed by atoms with E-state index >= 15 is 0 Å². The highest BCUT2D eigenvalue weighted by Gasteiger charge is 2.20. The Balaban J connectivity index is 0.000000190. The Kier molecular flexibility index (Phi) is 12.4. The number of ketones is 1. The van der Waals surface area contributed by atoms with E-state index in [9.17, 15) is 19.2 Å². The lowest BCUT2D eigenvalue weighted by Gasteiger charge is -2.16. The van der Waals surface area contributed by atoms with Crippen molar-refractivity contribution in [1.29, 1.82) is 0 Å². The zero-order valence-corrected chi connectivity index (χ0v) is 33.6. The molecule has 11 nitrogen and oxygen atoms in total. The molecular weight excluding hydrogens is 854 g/mol. The predicted octanol–water partition coefficient (Wildman–Crippen LogP) is 7.94. The minimum atomic E-state index is -0.491. The van der Waals surface area contributed by atoms with Crippen LogP contribution in [0, 0.1) is 0 Å². The van der Waals surface area contributed by atoms with Crippen molar-refractivity contribution >= 4 is 77.0 Å². The molecule has 0 radical (unpaired) electrons. The smallest absolute Gasteiger partial charge is 0.282 e. The molecule has 1 amide bonds. The van der Waals surface area contributed by atoms with E-state index in [1.807, 2.05) is 69.8 Å². The summed E-state index contributed by atoms with van der Waals surface area (Å²) in [5.41, 5.74) is 2.90. The Labute approximate surface area is 337 Å². The first kappa shape index (κ1) is 39.2. The molecule has 0 N–H and O–H groups in total. The average molecular weight is 886 g/mol. The van der Waals surface area contributed by atoms with Gasteiger partial charge in [-0.1, -0.05) is 48.0 Å². The van der Waals surface area contributed by atoms with E-state index in [4.69, 9.17) is 21.2 Å². The van der Waals surface area contributed by atoms with Crippen LogP contribution in [0.2, 0.25) is 5.02 Å². The van der Waals surface area contributed by atoms with Crippen molar-refractivity contribution < 1.29 is 19.2 Å². The van der Waals surface area contributed by atoms with Crippen LogP contribution in [0.4, 0.5) is 0 Å². The van der Waals surface area contributed by atoms with Crippen LogP contribution in [-0.2, 0) is 17.9 Å². The number of benzene rings is 3. The summed E-state index contributed by atoms with van der Waals surface area (Å²) in [6.45, 7) is 0.835. The number of hydrogen-bond donors (Lipinski definition) is 0. The summed E-state index contributed by atoms with van der Waals surface area (Å²) >= 11 is 12.8. The molecule has 0 saturated carbocycles. The maximum atomic E-state index is 13.2. The van der Waals surface area contributed by atoms with Crippen LogP contribution < -0.4 is 15.6 Å². The first-order valence-electron chi connectivity index (χ1n) is 16.7. The predicted molar refractivity (Wildman–Crippen MR) is 219 cm³/mol. The first-order valence-corrected chi connectivity index (χ1v) is 18.6. The molecule has 278 valence electrons. The molecule has 0 fully saturated rings. The van der Waals surface area contributed by atoms with E-state index in [1.165, 1.54) is 21.3 Å². The van der Waals surface area contributed by atoms with Crippen LogP contribution in [0.15, 0.2) is 134 Å². The Bertz CT molecular complexity index is 2700. The number of halogens is 3. The number of methoxy groups -OCH3 is 1. The van der Waals surface area contributed by atoms with Crippen LogP contribution >= 0.6 is 43.5 Å². The maximum absolute atomic E-state index is 13.2. The molecule has 0 bridgehead atoms. The highest BCUT2D eigenvalue weighted by molar-refractivity contribution is 9.10. The molecule has 7 aromatic rings. The van der Waals surface area contributed by atoms with Crippen molar-refractivity contribution in [3.8, 4) is 5.75 Å². The Morgan fingerprint density at radius 3 is 1.73 bits per heavy atom. The lowest BCUT2D eigenvalue weighted by molar-refractivity contribution is -0.0758. The monoisotopic (exact) mass is 883 g/mol. The fourth-order valence-electron chi connectivity index (χ4n) is 5.90. The van der Waals surface area contributed by atoms with E-state index in [2.05, 4.69) is 41.8 Å². The highest BCUT2D eigenvalue weighted by Crippen LogP contribution is 2.26. The zero-order chi connectivity index (χ0) is 39.2. The Hall–Kier alpha value is -5.47. The van der Waals surface area contributed by atoms with Crippen LogP contribution in [0.5, 0.6) is 5.75 Å². The summed E-state index contributed by atoms with van der Waals surface area (Å²) in [5, 5.41) is 2.38. The second-order valence-electron chi connectivity index (χ2n) is 12.1. The number of ether oxygens (including phenoxy) is 1. The standard InChI is InChI=1S/C23H16BrClN2O3.C18H16BrN3O3/c1-30-20-11-14(9-10-18(20)25)22(28)17-13-27(12-15-5-4-8-21(24)26-15)19-7-3-2-6-16(19)23(17)29;1-21(25-2)18(24)14-11-22(10-12-6-5-9-16(19)20-12)15-8-4-3-7-13(15)17(14)23/h2-11,13H,12H2,1H3;3-9,11H,10H2,1-2H3. The molecule has 0 aliphatic heterocycles. The number of fused-ring (bicyclic) bond motifs is 2. The third-order valence-electron chi connectivity index (χ3n) is 8.63. The largest absolute Gasteiger partial charge is 0.495 e. The molecule has 4 heterocycles. The number of hydroxylamine groups is 2. The molecule has 0 saturated heterocycles. The van der Waals surface area contributed by atoms with E-state index in [1.54, 1.807) is 54.9 Å². The van der Waals surface area contributed by atoms with Crippen molar-refractivity contribution in [3.63, 3.8) is 0 Å². The quantitative estimate of drug-likeness (QED) is 0.0814. The van der Waals surface area contributed by atoms with Gasteiger partial charge in [0.05, 0.1) is 60.3 Å². The van der Waals surface area contributed by atoms with E-state index in [0.717, 1.165) is 36.7 Å². The van der Waals surface area contributed by atoms with Gasteiger partial charge in [-0.3, -0.25) is 24.0 Å². The van der Waals surface area contributed by atoms with Gasteiger partial charge in [-0.15, -0.1) is 0 Å². The minimum Gasteiger partial charge on any atom is -0.495 e. The van der Waals surface area contributed by atoms with Crippen LogP contribution in [-0.4, -0.2) is 57.1 Å². The molecular formula is C41H32Br2ClN5O6. The van der Waals surface area contributed by atoms with E-state index in [-0.39, 0.29) is 22.0 Å². The summed E-state index contributed by atoms with van der Waals surface area (Å²) < 4.78 is 10.4. The molecule has 0 unspecified atom stereocenters. The fraction of sp³-hybridized carbons (Fsp3) is 0.122. The molecule has 3 aromatic carbocycles. The van der Waals surface area contributed by atoms with Crippen molar-refractivity contribution in [2.75, 3.05) is 21.3 Å². The fourth-order valence-corrected chi connectivity index (χ4v) is 6.86. The molecule has 4 aromatic heterocycles. The van der Waals surface area contributed by atoms with Gasteiger partial charge >= 0.3 is 0 Å². The molecule has 0 atom stereocenters. The normalized spacial score (nSPS) is 10.9. The van der Waals surface area contributed by atoms with Gasteiger partial charge in [-0.05, 0) is 98.6 Å². The highest BCUT2D eigenvalue weighted by atomic mass is 79.9. The Morgan fingerprint density at radius 2 is 1.22 bits per heavy atom. The van der Waals surface area contributed by atoms with Crippen molar-refractivity contribution in [1.82, 2.24) is 24.2 Å². The maximum Gasteiger partial charge on any atom is 0.282 e. The minimum absolute atomic E-state index is 0.0537. The second kappa shape index (κ2) is 17.3. The van der Waals surface area contributed by atoms with Gasteiger partial charge in [0.1, 0.15) is 20.5 Å². The summed E-state index contributed by atoms with van der Waals surface area (Å²) in [7, 11) is 4.32. The van der Waals surface area contributed by atoms with Gasteiger partial charge in [0.15, 0.2) is 5.78 Å². The number of aromatic nitrogens is 4. The molecule has 14 heteroatoms. The number of carbonyl (C=O) groups excluding carboxylic acids is 2. The van der Waals surface area contributed by atoms with E-state index in [0.29, 0.717) is 40.2 Å². The van der Waals surface area contributed by atoms with Crippen LogP contribution in [0.3, 0.4) is 0 Å². The van der Waals surface area contributed by atoms with Gasteiger partial charge in [-0.25, -0.2) is 15.0 Å². The number of pyridine rings is 4. The zero-order valence-electron chi connectivity index (χ0n) is 29.7. The topological polar surface area (TPSA) is 126 Å². The van der Waals surface area contributed by atoms with Crippen molar-refractivity contribution in [2.45, 2.75) is 13.1 Å². The number of nitrogens with zero attached hydrogens (tertiary/aromatic N) is 5. The molecule has 7 rings (SSSR count). The lowest BCUT2D eigenvalue weighted by atomic mass is 10.0. The Morgan fingerprint density at radius 1 is 0.709 bits per heavy atom. The number of carbonyl (C=O) groups is 2. The van der Waals surface area contributed by atoms with E-state index < -0.39 is 11.7 Å². The third-order valence-corrected chi connectivity index (χ3v) is 9.83. The lowest BCUT2D eigenvalue weighted by Crippen LogP contribution is -2.31. The van der Waals surface area contributed by atoms with Crippen molar-refractivity contribution in [3.05, 3.63) is 178 Å². The van der Waals surface area contributed by atoms with Gasteiger partial charge in [0, 0.05) is 35.8 Å². The van der Waals surface area contributed by atoms with Crippen LogP contribution in [0.25, 0.3) is 21.8 Å². The summed E-state index contributed by atoms with van der Waals surface area (Å²) in [6.07, 6.45) is 3.15. The second-order valence-corrected chi connectivity index (χ2v) is 14.1. The van der Waals surface area contributed by atoms with Gasteiger partial charge in [0.25, 0.3) is 5.91 Å². The van der Waals surface area contributed by atoms with Crippen molar-refractivity contribution in [2.24, 2.45) is 0 Å². The molecule has 55 heavy (non-hydrogen) atoms. The van der Waals surface area contributed by atoms with Crippen LogP contribution in [0.1, 0.15) is 37.7 Å². The summed E-state index contributed by atoms with van der Waals surface area (Å²) in [6, 6.07) is 30.4. The molecule has 0 aliphatic carbocycles. The molecule has 0 aliphatic rings. The van der Waals surface area contributed by atoms with Gasteiger partial charge in [0.2, 0.25) is 10.9 Å². The SMILES string of the molecule is CON(C)C(=O)c1cn(Cc2cccc(Br)n2)c2ccccc2c1=O.COc1cc(C(=O)c2cn(Cc3cccc(Br)n3)c3ccccc3c2=O)ccc1Cl.